The largest absolute Gasteiger partial charge is 0.462 e. The third-order valence-corrected chi connectivity index (χ3v) is 12.3. The lowest BCUT2D eigenvalue weighted by Crippen LogP contribution is -2.30. The first-order valence-electron chi connectivity index (χ1n) is 28.3. The van der Waals surface area contributed by atoms with Gasteiger partial charge in [0.25, 0.3) is 0 Å². The van der Waals surface area contributed by atoms with Crippen LogP contribution in [0.2, 0.25) is 0 Å². The van der Waals surface area contributed by atoms with Gasteiger partial charge in [0.15, 0.2) is 6.10 Å². The number of rotatable bonds is 51. The van der Waals surface area contributed by atoms with Gasteiger partial charge in [-0.15, -0.1) is 0 Å². The maximum Gasteiger partial charge on any atom is 0.306 e. The highest BCUT2D eigenvalue weighted by atomic mass is 16.6. The molecule has 0 aliphatic heterocycles. The van der Waals surface area contributed by atoms with Crippen molar-refractivity contribution in [3.05, 3.63) is 60.8 Å². The molecular formula is C60H106O6. The fourth-order valence-electron chi connectivity index (χ4n) is 8.02. The van der Waals surface area contributed by atoms with Crippen LogP contribution in [0, 0.1) is 0 Å². The third-order valence-electron chi connectivity index (χ3n) is 12.3. The molecule has 1 atom stereocenters. The molecule has 0 radical (unpaired) electrons. The van der Waals surface area contributed by atoms with Gasteiger partial charge in [0.1, 0.15) is 13.2 Å². The van der Waals surface area contributed by atoms with Crippen molar-refractivity contribution in [1.29, 1.82) is 0 Å². The Bertz CT molecular complexity index is 1200. The molecule has 0 rings (SSSR count). The van der Waals surface area contributed by atoms with Crippen LogP contribution in [0.3, 0.4) is 0 Å². The molecule has 1 unspecified atom stereocenters. The number of allylic oxidation sites excluding steroid dienone is 10. The van der Waals surface area contributed by atoms with Crippen LogP contribution < -0.4 is 0 Å². The van der Waals surface area contributed by atoms with E-state index < -0.39 is 6.10 Å². The molecule has 0 spiro atoms. The van der Waals surface area contributed by atoms with Crippen molar-refractivity contribution < 1.29 is 28.6 Å². The van der Waals surface area contributed by atoms with E-state index in [1.54, 1.807) is 0 Å². The van der Waals surface area contributed by atoms with Crippen molar-refractivity contribution in [2.24, 2.45) is 0 Å². The molecule has 0 aliphatic carbocycles. The van der Waals surface area contributed by atoms with Crippen LogP contribution in [0.15, 0.2) is 60.8 Å². The van der Waals surface area contributed by atoms with E-state index in [0.29, 0.717) is 19.3 Å². The second-order valence-corrected chi connectivity index (χ2v) is 18.8. The molecule has 0 bridgehead atoms. The van der Waals surface area contributed by atoms with Crippen molar-refractivity contribution in [2.75, 3.05) is 13.2 Å². The number of hydrogen-bond donors (Lipinski definition) is 0. The SMILES string of the molecule is CC/C=C\C/C=C\C/C=C\C/C=C\CCCCCCCCC(=O)OCC(COC(=O)CCCCCCCCCCCCC)OC(=O)CCCCCCCCC/C=C\CCCCCCCCC. The quantitative estimate of drug-likeness (QED) is 0.0262. The Morgan fingerprint density at radius 3 is 0.939 bits per heavy atom. The molecule has 0 N–H and O–H groups in total. The average Bonchev–Trinajstić information content (AvgIpc) is 3.31. The van der Waals surface area contributed by atoms with Crippen LogP contribution in [0.25, 0.3) is 0 Å². The number of unbranched alkanes of at least 4 members (excludes halogenated alkanes) is 30. The van der Waals surface area contributed by atoms with Crippen molar-refractivity contribution in [1.82, 2.24) is 0 Å². The monoisotopic (exact) mass is 923 g/mol. The van der Waals surface area contributed by atoms with Gasteiger partial charge >= 0.3 is 17.9 Å². The molecule has 6 heteroatoms. The molecule has 0 heterocycles. The first kappa shape index (κ1) is 63.1. The normalized spacial score (nSPS) is 12.5. The summed E-state index contributed by atoms with van der Waals surface area (Å²) in [7, 11) is 0. The summed E-state index contributed by atoms with van der Waals surface area (Å²) < 4.78 is 16.8. The highest BCUT2D eigenvalue weighted by Crippen LogP contribution is 2.15. The molecule has 0 aliphatic rings. The fourth-order valence-corrected chi connectivity index (χ4v) is 8.02. The molecule has 66 heavy (non-hydrogen) atoms. The van der Waals surface area contributed by atoms with Crippen molar-refractivity contribution in [3.63, 3.8) is 0 Å². The smallest absolute Gasteiger partial charge is 0.306 e. The summed E-state index contributed by atoms with van der Waals surface area (Å²) in [6.45, 7) is 6.52. The lowest BCUT2D eigenvalue weighted by atomic mass is 10.1. The zero-order valence-corrected chi connectivity index (χ0v) is 43.7. The Morgan fingerprint density at radius 2 is 0.591 bits per heavy atom. The van der Waals surface area contributed by atoms with Crippen molar-refractivity contribution in [3.8, 4) is 0 Å². The Hall–Kier alpha value is -2.89. The zero-order chi connectivity index (χ0) is 47.9. The molecule has 6 nitrogen and oxygen atoms in total. The predicted octanol–water partition coefficient (Wildman–Crippen LogP) is 18.8. The van der Waals surface area contributed by atoms with Crippen molar-refractivity contribution >= 4 is 17.9 Å². The van der Waals surface area contributed by atoms with Gasteiger partial charge in [-0.25, -0.2) is 0 Å². The van der Waals surface area contributed by atoms with Gasteiger partial charge in [0.05, 0.1) is 0 Å². The van der Waals surface area contributed by atoms with Crippen LogP contribution in [0.1, 0.15) is 284 Å². The van der Waals surface area contributed by atoms with E-state index in [1.165, 1.54) is 154 Å². The molecule has 0 fully saturated rings. The van der Waals surface area contributed by atoms with Crippen LogP contribution >= 0.6 is 0 Å². The van der Waals surface area contributed by atoms with Crippen LogP contribution in [0.5, 0.6) is 0 Å². The summed E-state index contributed by atoms with van der Waals surface area (Å²) in [6.07, 6.45) is 67.8. The summed E-state index contributed by atoms with van der Waals surface area (Å²) in [4.78, 5) is 38.1. The van der Waals surface area contributed by atoms with Crippen molar-refractivity contribution in [2.45, 2.75) is 290 Å². The topological polar surface area (TPSA) is 78.9 Å². The molecule has 0 saturated carbocycles. The van der Waals surface area contributed by atoms with Crippen LogP contribution in [0.4, 0.5) is 0 Å². The summed E-state index contributed by atoms with van der Waals surface area (Å²) in [5.74, 6) is -0.888. The molecule has 0 amide bonds. The van der Waals surface area contributed by atoms with Gasteiger partial charge < -0.3 is 14.2 Å². The van der Waals surface area contributed by atoms with E-state index in [0.717, 1.165) is 89.9 Å². The first-order chi connectivity index (χ1) is 32.5. The molecular weight excluding hydrogens is 817 g/mol. The van der Waals surface area contributed by atoms with E-state index in [-0.39, 0.29) is 31.1 Å². The van der Waals surface area contributed by atoms with E-state index in [1.807, 2.05) is 0 Å². The number of esters is 3. The van der Waals surface area contributed by atoms with Gasteiger partial charge in [0.2, 0.25) is 0 Å². The number of carbonyl (C=O) groups excluding carboxylic acids is 3. The third kappa shape index (κ3) is 52.1. The van der Waals surface area contributed by atoms with E-state index in [9.17, 15) is 14.4 Å². The lowest BCUT2D eigenvalue weighted by molar-refractivity contribution is -0.167. The lowest BCUT2D eigenvalue weighted by Gasteiger charge is -2.18. The molecule has 0 aromatic carbocycles. The van der Waals surface area contributed by atoms with Crippen LogP contribution in [-0.2, 0) is 28.6 Å². The van der Waals surface area contributed by atoms with E-state index in [2.05, 4.69) is 81.5 Å². The average molecular weight is 924 g/mol. The highest BCUT2D eigenvalue weighted by molar-refractivity contribution is 5.71. The highest BCUT2D eigenvalue weighted by Gasteiger charge is 2.19. The standard InChI is InChI=1S/C60H106O6/c1-4-7-10-13-16-19-22-24-26-28-30-32-33-35-38-41-44-47-50-53-59(62)65-56-57(55-64-58(61)52-49-46-43-40-37-21-18-15-12-9-6-3)66-60(63)54-51-48-45-42-39-36-34-31-29-27-25-23-20-17-14-11-8-5-2/h7,10,16,19,24,26-27,29-30,32,57H,4-6,8-9,11-15,17-18,20-23,25,28,31,33-56H2,1-3H3/b10-7-,19-16-,26-24-,29-27-,32-30-. The molecule has 382 valence electrons. The Kier molecular flexibility index (Phi) is 52.3. The van der Waals surface area contributed by atoms with Gasteiger partial charge in [-0.3, -0.25) is 14.4 Å². The summed E-state index contributed by atoms with van der Waals surface area (Å²) >= 11 is 0. The first-order valence-corrected chi connectivity index (χ1v) is 28.3. The predicted molar refractivity (Wildman–Crippen MR) is 284 cm³/mol. The Morgan fingerprint density at radius 1 is 0.318 bits per heavy atom. The van der Waals surface area contributed by atoms with E-state index in [4.69, 9.17) is 14.2 Å². The summed E-state index contributed by atoms with van der Waals surface area (Å²) in [6, 6.07) is 0. The second kappa shape index (κ2) is 54.7. The Labute approximate surface area is 409 Å². The number of hydrogen-bond acceptors (Lipinski definition) is 6. The Balaban J connectivity index is 4.36. The second-order valence-electron chi connectivity index (χ2n) is 18.8. The molecule has 0 saturated heterocycles. The molecule has 0 aromatic heterocycles. The van der Waals surface area contributed by atoms with Gasteiger partial charge in [0, 0.05) is 19.3 Å². The minimum Gasteiger partial charge on any atom is -0.462 e. The minimum atomic E-state index is -0.780. The van der Waals surface area contributed by atoms with Gasteiger partial charge in [-0.2, -0.15) is 0 Å². The summed E-state index contributed by atoms with van der Waals surface area (Å²) in [5.41, 5.74) is 0. The van der Waals surface area contributed by atoms with Gasteiger partial charge in [-0.05, 0) is 83.5 Å². The summed E-state index contributed by atoms with van der Waals surface area (Å²) in [5, 5.41) is 0. The maximum absolute atomic E-state index is 12.8. The van der Waals surface area contributed by atoms with E-state index >= 15 is 0 Å². The van der Waals surface area contributed by atoms with Crippen LogP contribution in [-0.4, -0.2) is 37.2 Å². The number of ether oxygens (including phenoxy) is 3. The zero-order valence-electron chi connectivity index (χ0n) is 43.7. The van der Waals surface area contributed by atoms with Gasteiger partial charge in [-0.1, -0.05) is 242 Å². The number of carbonyl (C=O) groups is 3. The molecule has 0 aromatic rings. The minimum absolute atomic E-state index is 0.0783. The fraction of sp³-hybridized carbons (Fsp3) is 0.783. The maximum atomic E-state index is 12.8.